The highest BCUT2D eigenvalue weighted by Gasteiger charge is 2.24. The maximum atomic E-state index is 12.9. The predicted molar refractivity (Wildman–Crippen MR) is 97.9 cm³/mol. The van der Waals surface area contributed by atoms with Gasteiger partial charge in [-0.3, -0.25) is 19.6 Å². The zero-order valence-electron chi connectivity index (χ0n) is 15.0. The molecule has 7 nitrogen and oxygen atoms in total. The lowest BCUT2D eigenvalue weighted by atomic mass is 9.98. The molecule has 0 saturated heterocycles. The van der Waals surface area contributed by atoms with Crippen molar-refractivity contribution in [3.8, 4) is 0 Å². The molecule has 1 atom stereocenters. The lowest BCUT2D eigenvalue weighted by molar-refractivity contribution is -0.168. The number of amides is 2. The van der Waals surface area contributed by atoms with Gasteiger partial charge in [0.15, 0.2) is 0 Å². The Morgan fingerprint density at radius 3 is 2.25 bits per heavy atom. The number of rotatable bonds is 9. The summed E-state index contributed by atoms with van der Waals surface area (Å²) in [5.74, 6) is -3.71. The minimum Gasteiger partial charge on any atom is -0.480 e. The monoisotopic (exact) mass is 388 g/mol. The fourth-order valence-corrected chi connectivity index (χ4v) is 2.62. The van der Waals surface area contributed by atoms with E-state index in [4.69, 9.17) is 5.11 Å². The molecule has 8 heteroatoms. The Labute approximate surface area is 161 Å². The quantitative estimate of drug-likeness (QED) is 0.447. The molecule has 0 spiro atoms. The number of halogens is 1. The summed E-state index contributed by atoms with van der Waals surface area (Å²) >= 11 is 0. The average molecular weight is 388 g/mol. The molecule has 2 aromatic rings. The van der Waals surface area contributed by atoms with Crippen LogP contribution in [0.3, 0.4) is 0 Å². The molecule has 0 fully saturated rings. The van der Waals surface area contributed by atoms with Gasteiger partial charge >= 0.3 is 5.97 Å². The number of nitrogens with one attached hydrogen (secondary N) is 1. The second-order valence-corrected chi connectivity index (χ2v) is 6.28. The molecular weight excluding hydrogens is 367 g/mol. The minimum atomic E-state index is -1.19. The van der Waals surface area contributed by atoms with E-state index < -0.39 is 36.1 Å². The van der Waals surface area contributed by atoms with E-state index >= 15 is 0 Å². The van der Waals surface area contributed by atoms with Crippen LogP contribution >= 0.6 is 0 Å². The van der Waals surface area contributed by atoms with Gasteiger partial charge in [-0.1, -0.05) is 42.5 Å². The van der Waals surface area contributed by atoms with Crippen LogP contribution in [0.15, 0.2) is 54.6 Å². The molecule has 28 heavy (non-hydrogen) atoms. The Kier molecular flexibility index (Phi) is 7.65. The molecule has 0 radical (unpaired) electrons. The third-order valence-electron chi connectivity index (χ3n) is 4.06. The van der Waals surface area contributed by atoms with Crippen LogP contribution in [0, 0.1) is 11.7 Å². The molecule has 148 valence electrons. The second-order valence-electron chi connectivity index (χ2n) is 6.28. The number of carbonyl (C=O) groups excluding carboxylic acids is 2. The van der Waals surface area contributed by atoms with Crippen LogP contribution in [0.5, 0.6) is 0 Å². The Morgan fingerprint density at radius 1 is 1.00 bits per heavy atom. The first-order valence-electron chi connectivity index (χ1n) is 8.62. The highest BCUT2D eigenvalue weighted by atomic mass is 19.1. The molecular formula is C20H21FN2O5. The second kappa shape index (κ2) is 10.2. The van der Waals surface area contributed by atoms with Crippen molar-refractivity contribution in [3.05, 3.63) is 71.5 Å². The predicted octanol–water partition coefficient (Wildman–Crippen LogP) is 1.65. The van der Waals surface area contributed by atoms with Crippen LogP contribution in [-0.4, -0.2) is 46.3 Å². The minimum absolute atomic E-state index is 0.161. The van der Waals surface area contributed by atoms with Crippen LogP contribution in [0.2, 0.25) is 0 Å². The van der Waals surface area contributed by atoms with Crippen molar-refractivity contribution >= 4 is 17.8 Å². The Hall–Kier alpha value is -3.26. The van der Waals surface area contributed by atoms with E-state index in [2.05, 4.69) is 5.32 Å². The number of carbonyl (C=O) groups is 3. The molecule has 0 aromatic heterocycles. The first kappa shape index (κ1) is 21.0. The highest BCUT2D eigenvalue weighted by molar-refractivity contribution is 5.84. The third kappa shape index (κ3) is 6.81. The van der Waals surface area contributed by atoms with E-state index in [0.717, 1.165) is 5.56 Å². The molecule has 0 saturated carbocycles. The molecule has 1 unspecified atom stereocenters. The van der Waals surface area contributed by atoms with Gasteiger partial charge in [-0.05, 0) is 29.7 Å². The molecule has 2 aromatic carbocycles. The van der Waals surface area contributed by atoms with E-state index in [1.165, 1.54) is 24.3 Å². The topological polar surface area (TPSA) is 107 Å². The van der Waals surface area contributed by atoms with Crippen LogP contribution in [0.1, 0.15) is 11.1 Å². The van der Waals surface area contributed by atoms with Gasteiger partial charge in [0.1, 0.15) is 12.4 Å². The summed E-state index contributed by atoms with van der Waals surface area (Å²) < 4.78 is 12.9. The Balaban J connectivity index is 2.04. The molecule has 0 aliphatic heterocycles. The molecule has 2 rings (SSSR count). The fraction of sp³-hybridized carbons (Fsp3) is 0.250. The SMILES string of the molecule is O=C(O)CNC(=O)C(Cc1ccccc1)CN(O)C(=O)Cc1ccc(F)cc1. The van der Waals surface area contributed by atoms with E-state index in [-0.39, 0.29) is 19.4 Å². The summed E-state index contributed by atoms with van der Waals surface area (Å²) in [6.07, 6.45) is 0.0543. The van der Waals surface area contributed by atoms with Crippen molar-refractivity contribution in [2.24, 2.45) is 5.92 Å². The van der Waals surface area contributed by atoms with E-state index in [0.29, 0.717) is 10.6 Å². The van der Waals surface area contributed by atoms with Crippen molar-refractivity contribution in [1.82, 2.24) is 10.4 Å². The van der Waals surface area contributed by atoms with Gasteiger partial charge < -0.3 is 10.4 Å². The van der Waals surface area contributed by atoms with Crippen molar-refractivity contribution in [2.75, 3.05) is 13.1 Å². The zero-order valence-corrected chi connectivity index (χ0v) is 15.0. The molecule has 3 N–H and O–H groups in total. The number of benzene rings is 2. The van der Waals surface area contributed by atoms with Crippen molar-refractivity contribution in [3.63, 3.8) is 0 Å². The lowest BCUT2D eigenvalue weighted by Gasteiger charge is -2.22. The number of nitrogens with zero attached hydrogens (tertiary/aromatic N) is 1. The molecule has 0 heterocycles. The number of hydroxylamine groups is 2. The van der Waals surface area contributed by atoms with E-state index in [1.807, 2.05) is 6.07 Å². The Bertz CT molecular complexity index is 811. The number of hydrogen-bond donors (Lipinski definition) is 3. The first-order valence-corrected chi connectivity index (χ1v) is 8.62. The van der Waals surface area contributed by atoms with E-state index in [9.17, 15) is 24.0 Å². The molecule has 0 aliphatic carbocycles. The number of hydrogen-bond acceptors (Lipinski definition) is 4. The van der Waals surface area contributed by atoms with Gasteiger partial charge in [-0.25, -0.2) is 9.45 Å². The van der Waals surface area contributed by atoms with Gasteiger partial charge in [0.25, 0.3) is 0 Å². The summed E-state index contributed by atoms with van der Waals surface area (Å²) in [5, 5.41) is 21.6. The van der Waals surface area contributed by atoms with Crippen LogP contribution in [0.25, 0.3) is 0 Å². The van der Waals surface area contributed by atoms with Crippen LogP contribution in [-0.2, 0) is 27.2 Å². The van der Waals surface area contributed by atoms with E-state index in [1.54, 1.807) is 24.3 Å². The number of carboxylic acid groups (broad SMARTS) is 1. The summed E-state index contributed by atoms with van der Waals surface area (Å²) in [7, 11) is 0. The third-order valence-corrected chi connectivity index (χ3v) is 4.06. The maximum absolute atomic E-state index is 12.9. The molecule has 2 amide bonds. The van der Waals surface area contributed by atoms with Crippen molar-refractivity contribution in [2.45, 2.75) is 12.8 Å². The highest BCUT2D eigenvalue weighted by Crippen LogP contribution is 2.12. The first-order chi connectivity index (χ1) is 13.3. The molecule has 0 aliphatic rings. The summed E-state index contributed by atoms with van der Waals surface area (Å²) in [6, 6.07) is 14.3. The van der Waals surface area contributed by atoms with Gasteiger partial charge in [0.2, 0.25) is 11.8 Å². The fourth-order valence-electron chi connectivity index (χ4n) is 2.62. The number of carboxylic acids is 1. The summed E-state index contributed by atoms with van der Waals surface area (Å²) in [4.78, 5) is 35.3. The van der Waals surface area contributed by atoms with Gasteiger partial charge in [0, 0.05) is 0 Å². The normalized spacial score (nSPS) is 11.5. The van der Waals surface area contributed by atoms with Crippen LogP contribution in [0.4, 0.5) is 4.39 Å². The van der Waals surface area contributed by atoms with Gasteiger partial charge in [0.05, 0.1) is 18.9 Å². The van der Waals surface area contributed by atoms with Gasteiger partial charge in [-0.15, -0.1) is 0 Å². The maximum Gasteiger partial charge on any atom is 0.322 e. The van der Waals surface area contributed by atoms with Crippen molar-refractivity contribution in [1.29, 1.82) is 0 Å². The number of aliphatic carboxylic acids is 1. The Morgan fingerprint density at radius 2 is 1.64 bits per heavy atom. The average Bonchev–Trinajstić information content (AvgIpc) is 2.68. The van der Waals surface area contributed by atoms with Gasteiger partial charge in [-0.2, -0.15) is 0 Å². The summed E-state index contributed by atoms with van der Waals surface area (Å²) in [6.45, 7) is -0.862. The molecule has 0 bridgehead atoms. The largest absolute Gasteiger partial charge is 0.480 e. The summed E-state index contributed by atoms with van der Waals surface area (Å²) in [5.41, 5.74) is 1.32. The van der Waals surface area contributed by atoms with Crippen molar-refractivity contribution < 1.29 is 29.1 Å². The lowest BCUT2D eigenvalue weighted by Crippen LogP contribution is -2.42. The smallest absolute Gasteiger partial charge is 0.322 e. The van der Waals surface area contributed by atoms with Crippen LogP contribution < -0.4 is 5.32 Å². The standard InChI is InChI=1S/C20H21FN2O5/c21-17-8-6-15(7-9-17)11-18(24)23(28)13-16(20(27)22-12-19(25)26)10-14-4-2-1-3-5-14/h1-9,16,28H,10-13H2,(H,22,27)(H,25,26). The zero-order chi connectivity index (χ0) is 20.5.